The van der Waals surface area contributed by atoms with Crippen LogP contribution in [0.1, 0.15) is 0 Å². The van der Waals surface area contributed by atoms with Crippen molar-refractivity contribution >= 4 is 87.6 Å². The van der Waals surface area contributed by atoms with Crippen LogP contribution in [0.15, 0.2) is 183 Å². The molecule has 0 unspecified atom stereocenters. The van der Waals surface area contributed by atoms with Crippen LogP contribution in [0.2, 0.25) is 0 Å². The zero-order chi connectivity index (χ0) is 37.9. The molecule has 0 spiro atoms. The van der Waals surface area contributed by atoms with E-state index in [4.69, 9.17) is 28.2 Å². The molecule has 0 atom stereocenters. The van der Waals surface area contributed by atoms with Crippen LogP contribution in [-0.4, -0.2) is 19.5 Å². The van der Waals surface area contributed by atoms with Crippen molar-refractivity contribution in [3.05, 3.63) is 170 Å². The van der Waals surface area contributed by atoms with E-state index in [-0.39, 0.29) is 0 Å². The first-order valence-electron chi connectivity index (χ1n) is 19.3. The van der Waals surface area contributed by atoms with E-state index >= 15 is 0 Å². The summed E-state index contributed by atoms with van der Waals surface area (Å²) in [5, 5.41) is 8.51. The van der Waals surface area contributed by atoms with Gasteiger partial charge in [0.2, 0.25) is 5.95 Å². The zero-order valence-electron chi connectivity index (χ0n) is 30.7. The van der Waals surface area contributed by atoms with Gasteiger partial charge in [-0.05, 0) is 71.8 Å². The topological polar surface area (TPSA) is 83.0 Å². The van der Waals surface area contributed by atoms with E-state index in [1.807, 2.05) is 60.7 Å². The predicted octanol–water partition coefficient (Wildman–Crippen LogP) is 13.7. The van der Waals surface area contributed by atoms with E-state index in [0.29, 0.717) is 17.6 Å². The van der Waals surface area contributed by atoms with Crippen molar-refractivity contribution in [2.24, 2.45) is 0 Å². The molecule has 0 aliphatic rings. The molecule has 0 radical (unpaired) electrons. The first-order valence-corrected chi connectivity index (χ1v) is 19.3. The fourth-order valence-corrected chi connectivity index (χ4v) is 8.91. The molecule has 0 saturated heterocycles. The van der Waals surface area contributed by atoms with Crippen molar-refractivity contribution in [3.63, 3.8) is 0 Å². The third kappa shape index (κ3) is 4.46. The molecule has 0 aliphatic heterocycles. The minimum absolute atomic E-state index is 0.494. The van der Waals surface area contributed by atoms with Crippen molar-refractivity contribution in [1.29, 1.82) is 0 Å². The molecule has 58 heavy (non-hydrogen) atoms. The lowest BCUT2D eigenvalue weighted by molar-refractivity contribution is 0.668. The molecule has 13 aromatic rings. The Kier molecular flexibility index (Phi) is 6.32. The second-order valence-corrected chi connectivity index (χ2v) is 14.7. The lowest BCUT2D eigenvalue weighted by Crippen LogP contribution is -2.06. The molecule has 0 N–H and O–H groups in total. The van der Waals surface area contributed by atoms with E-state index in [1.165, 1.54) is 0 Å². The predicted molar refractivity (Wildman–Crippen MR) is 232 cm³/mol. The van der Waals surface area contributed by atoms with Gasteiger partial charge in [0, 0.05) is 54.2 Å². The average Bonchev–Trinajstić information content (AvgIpc) is 4.04. The molecule has 8 aromatic carbocycles. The summed E-state index contributed by atoms with van der Waals surface area (Å²) in [6.45, 7) is 0. The summed E-state index contributed by atoms with van der Waals surface area (Å²) in [7, 11) is 0. The van der Waals surface area contributed by atoms with Crippen LogP contribution in [0, 0.1) is 0 Å². The summed E-state index contributed by atoms with van der Waals surface area (Å²) in [6, 6.07) is 57.9. The average molecular weight is 745 g/mol. The number of furan rings is 3. The maximum atomic E-state index is 6.56. The van der Waals surface area contributed by atoms with Crippen molar-refractivity contribution in [3.8, 4) is 39.9 Å². The van der Waals surface area contributed by atoms with Gasteiger partial charge in [-0.3, -0.25) is 4.57 Å². The third-order valence-corrected chi connectivity index (χ3v) is 11.5. The molecule has 7 nitrogen and oxygen atoms in total. The Hall–Kier alpha value is -8.03. The molecule has 5 heterocycles. The van der Waals surface area contributed by atoms with Gasteiger partial charge in [-0.2, -0.15) is 9.97 Å². The van der Waals surface area contributed by atoms with Crippen molar-refractivity contribution in [1.82, 2.24) is 19.5 Å². The van der Waals surface area contributed by atoms with Crippen LogP contribution in [0.25, 0.3) is 127 Å². The highest BCUT2D eigenvalue weighted by molar-refractivity contribution is 6.27. The van der Waals surface area contributed by atoms with Crippen molar-refractivity contribution < 1.29 is 13.3 Å². The van der Waals surface area contributed by atoms with Crippen LogP contribution < -0.4 is 0 Å². The molecule has 0 fully saturated rings. The number of hydrogen-bond donors (Lipinski definition) is 0. The second-order valence-electron chi connectivity index (χ2n) is 14.7. The van der Waals surface area contributed by atoms with Crippen LogP contribution >= 0.6 is 0 Å². The lowest BCUT2D eigenvalue weighted by Gasteiger charge is -2.12. The Labute approximate surface area is 329 Å². The number of para-hydroxylation sites is 4. The molecule has 0 aliphatic carbocycles. The number of fused-ring (bicyclic) bond motifs is 13. The molecule has 0 bridgehead atoms. The van der Waals surface area contributed by atoms with Crippen molar-refractivity contribution in [2.75, 3.05) is 0 Å². The Morgan fingerprint density at radius 1 is 0.328 bits per heavy atom. The number of rotatable bonds is 4. The summed E-state index contributed by atoms with van der Waals surface area (Å²) < 4.78 is 21.4. The Morgan fingerprint density at radius 2 is 0.914 bits per heavy atom. The van der Waals surface area contributed by atoms with E-state index in [0.717, 1.165) is 110 Å². The van der Waals surface area contributed by atoms with Crippen LogP contribution in [-0.2, 0) is 0 Å². The van der Waals surface area contributed by atoms with Gasteiger partial charge in [-0.15, -0.1) is 0 Å². The maximum absolute atomic E-state index is 6.56. The number of hydrogen-bond acceptors (Lipinski definition) is 6. The van der Waals surface area contributed by atoms with Gasteiger partial charge >= 0.3 is 0 Å². The minimum Gasteiger partial charge on any atom is -0.456 e. The SMILES string of the molecule is c1ccc(-c2cc(-c3nc(-c4ccc5c(c4)oc4ccccc45)nc(-n4c5ccccc5c5c6c(ccc54)oc4ccccc46)n3)cc3oc4ccccc4c23)cc1. The summed E-state index contributed by atoms with van der Waals surface area (Å²) in [5.74, 6) is 1.54. The van der Waals surface area contributed by atoms with Gasteiger partial charge in [0.1, 0.15) is 33.5 Å². The molecular formula is C51H28N4O3. The van der Waals surface area contributed by atoms with E-state index < -0.39 is 0 Å². The highest BCUT2D eigenvalue weighted by atomic mass is 16.3. The van der Waals surface area contributed by atoms with Gasteiger partial charge in [0.15, 0.2) is 11.6 Å². The molecule has 270 valence electrons. The second kappa shape index (κ2) is 11.7. The Morgan fingerprint density at radius 3 is 1.71 bits per heavy atom. The smallest absolute Gasteiger partial charge is 0.238 e. The summed E-state index contributed by atoms with van der Waals surface area (Å²) in [4.78, 5) is 15.9. The standard InChI is InChI=1S/C51H28N4O3/c1-2-12-29(13-3-1)37-26-31(28-45-46(37)35-16-6-10-20-41(35)58-45)50-52-49(30-22-23-33-32-14-5-9-19-40(32)57-44(33)27-30)53-51(54-50)55-38-18-8-4-15-34(38)47-39(55)24-25-43-48(47)36-17-7-11-21-42(36)56-43/h1-28H. The summed E-state index contributed by atoms with van der Waals surface area (Å²) in [5.41, 5.74) is 10.5. The Bertz CT molecular complexity index is 3810. The summed E-state index contributed by atoms with van der Waals surface area (Å²) in [6.07, 6.45) is 0. The quantitative estimate of drug-likeness (QED) is 0.178. The van der Waals surface area contributed by atoms with E-state index in [1.54, 1.807) is 0 Å². The van der Waals surface area contributed by atoms with Gasteiger partial charge < -0.3 is 13.3 Å². The first-order chi connectivity index (χ1) is 28.7. The normalized spacial score (nSPS) is 12.1. The molecule has 0 saturated carbocycles. The molecule has 7 heteroatoms. The van der Waals surface area contributed by atoms with Crippen molar-refractivity contribution in [2.45, 2.75) is 0 Å². The monoisotopic (exact) mass is 744 g/mol. The molecule has 0 amide bonds. The van der Waals surface area contributed by atoms with Gasteiger partial charge in [0.05, 0.1) is 11.0 Å². The largest absolute Gasteiger partial charge is 0.456 e. The molecule has 13 rings (SSSR count). The first kappa shape index (κ1) is 31.2. The van der Waals surface area contributed by atoms with Crippen LogP contribution in [0.3, 0.4) is 0 Å². The van der Waals surface area contributed by atoms with Gasteiger partial charge in [-0.1, -0.05) is 109 Å². The lowest BCUT2D eigenvalue weighted by atomic mass is 9.97. The third-order valence-electron chi connectivity index (χ3n) is 11.5. The van der Waals surface area contributed by atoms with Gasteiger partial charge in [0.25, 0.3) is 0 Å². The minimum atomic E-state index is 0.494. The number of nitrogens with zero attached hydrogens (tertiary/aromatic N) is 4. The highest BCUT2D eigenvalue weighted by Gasteiger charge is 2.23. The maximum Gasteiger partial charge on any atom is 0.238 e. The summed E-state index contributed by atoms with van der Waals surface area (Å²) >= 11 is 0. The fourth-order valence-electron chi connectivity index (χ4n) is 8.91. The number of aromatic nitrogens is 4. The fraction of sp³-hybridized carbons (Fsp3) is 0. The van der Waals surface area contributed by atoms with E-state index in [9.17, 15) is 0 Å². The molecule has 5 aromatic heterocycles. The highest BCUT2D eigenvalue weighted by Crippen LogP contribution is 2.43. The zero-order valence-corrected chi connectivity index (χ0v) is 30.7. The van der Waals surface area contributed by atoms with Gasteiger partial charge in [-0.25, -0.2) is 4.98 Å². The van der Waals surface area contributed by atoms with Crippen LogP contribution in [0.4, 0.5) is 0 Å². The number of benzene rings is 8. The molecular weight excluding hydrogens is 717 g/mol. The van der Waals surface area contributed by atoms with E-state index in [2.05, 4.69) is 114 Å². The van der Waals surface area contributed by atoms with Crippen LogP contribution in [0.5, 0.6) is 0 Å². The Balaban J connectivity index is 1.12.